The van der Waals surface area contributed by atoms with Crippen molar-refractivity contribution < 1.29 is 4.74 Å². The highest BCUT2D eigenvalue weighted by Crippen LogP contribution is 2.13. The molecule has 0 spiro atoms. The Morgan fingerprint density at radius 1 is 1.53 bits per heavy atom. The number of nitriles is 1. The number of nitrogens with one attached hydrogen (secondary N) is 1. The van der Waals surface area contributed by atoms with Gasteiger partial charge in [0.15, 0.2) is 0 Å². The van der Waals surface area contributed by atoms with Crippen LogP contribution >= 0.6 is 0 Å². The van der Waals surface area contributed by atoms with E-state index in [1.165, 1.54) is 0 Å². The van der Waals surface area contributed by atoms with Crippen molar-refractivity contribution in [3.63, 3.8) is 0 Å². The van der Waals surface area contributed by atoms with Crippen LogP contribution in [-0.2, 0) is 4.74 Å². The molecular weight excluding hydrogens is 214 g/mol. The maximum absolute atomic E-state index is 9.03. The van der Waals surface area contributed by atoms with Gasteiger partial charge in [0.05, 0.1) is 18.8 Å². The maximum Gasteiger partial charge on any atom is 0.103 e. The first kappa shape index (κ1) is 14.4. The smallest absolute Gasteiger partial charge is 0.103 e. The third-order valence-electron chi connectivity index (χ3n) is 3.52. The molecule has 4 nitrogen and oxygen atoms in total. The molecule has 1 heterocycles. The van der Waals surface area contributed by atoms with Gasteiger partial charge in [0, 0.05) is 13.1 Å². The van der Waals surface area contributed by atoms with Crippen LogP contribution in [0.3, 0.4) is 0 Å². The molecule has 17 heavy (non-hydrogen) atoms. The van der Waals surface area contributed by atoms with Crippen molar-refractivity contribution in [2.75, 3.05) is 33.3 Å². The fraction of sp³-hybridized carbons (Fsp3) is 0.923. The monoisotopic (exact) mass is 239 g/mol. The van der Waals surface area contributed by atoms with E-state index in [9.17, 15) is 0 Å². The van der Waals surface area contributed by atoms with Crippen LogP contribution in [0, 0.1) is 11.3 Å². The van der Waals surface area contributed by atoms with E-state index < -0.39 is 0 Å². The van der Waals surface area contributed by atoms with Crippen LogP contribution in [0.2, 0.25) is 0 Å². The summed E-state index contributed by atoms with van der Waals surface area (Å²) in [6.45, 7) is 8.16. The fourth-order valence-corrected chi connectivity index (χ4v) is 2.14. The first-order chi connectivity index (χ1) is 8.09. The van der Waals surface area contributed by atoms with Gasteiger partial charge in [-0.05, 0) is 46.7 Å². The number of hydrogen-bond acceptors (Lipinski definition) is 4. The van der Waals surface area contributed by atoms with Crippen LogP contribution in [-0.4, -0.2) is 49.8 Å². The van der Waals surface area contributed by atoms with Gasteiger partial charge in [-0.3, -0.25) is 4.90 Å². The minimum Gasteiger partial charge on any atom is -0.376 e. The average molecular weight is 239 g/mol. The summed E-state index contributed by atoms with van der Waals surface area (Å²) in [6.07, 6.45) is 3.53. The molecule has 0 aromatic rings. The molecule has 1 fully saturated rings. The van der Waals surface area contributed by atoms with Gasteiger partial charge in [0.2, 0.25) is 0 Å². The van der Waals surface area contributed by atoms with E-state index in [2.05, 4.69) is 23.2 Å². The minimum absolute atomic E-state index is 0.363. The molecule has 4 heteroatoms. The Morgan fingerprint density at radius 2 is 2.29 bits per heavy atom. The molecule has 1 rings (SSSR count). The molecule has 0 bridgehead atoms. The molecule has 0 radical (unpaired) electrons. The van der Waals surface area contributed by atoms with Crippen LogP contribution < -0.4 is 5.32 Å². The number of morpholine rings is 1. The molecule has 2 atom stereocenters. The largest absolute Gasteiger partial charge is 0.376 e. The second kappa shape index (κ2) is 6.95. The van der Waals surface area contributed by atoms with E-state index in [1.807, 2.05) is 14.0 Å². The Labute approximate surface area is 105 Å². The highest BCUT2D eigenvalue weighted by Gasteiger charge is 2.21. The fourth-order valence-electron chi connectivity index (χ4n) is 2.14. The Balaban J connectivity index is 2.14. The van der Waals surface area contributed by atoms with Gasteiger partial charge >= 0.3 is 0 Å². The van der Waals surface area contributed by atoms with E-state index in [0.29, 0.717) is 6.10 Å². The lowest BCUT2D eigenvalue weighted by Crippen LogP contribution is -2.41. The highest BCUT2D eigenvalue weighted by molar-refractivity contribution is 5.02. The summed E-state index contributed by atoms with van der Waals surface area (Å²) in [4.78, 5) is 2.46. The van der Waals surface area contributed by atoms with Crippen molar-refractivity contribution in [1.29, 1.82) is 5.26 Å². The number of rotatable bonds is 6. The van der Waals surface area contributed by atoms with Crippen molar-refractivity contribution in [2.24, 2.45) is 0 Å². The van der Waals surface area contributed by atoms with E-state index >= 15 is 0 Å². The minimum atomic E-state index is -0.363. The molecule has 0 aliphatic carbocycles. The average Bonchev–Trinajstić information content (AvgIpc) is 2.34. The lowest BCUT2D eigenvalue weighted by molar-refractivity contribution is -0.0186. The molecule has 0 amide bonds. The number of nitrogens with zero attached hydrogens (tertiary/aromatic N) is 2. The maximum atomic E-state index is 9.03. The summed E-state index contributed by atoms with van der Waals surface area (Å²) in [7, 11) is 1.85. The topological polar surface area (TPSA) is 48.3 Å². The molecule has 0 aromatic carbocycles. The van der Waals surface area contributed by atoms with Crippen LogP contribution in [0.5, 0.6) is 0 Å². The Hall–Kier alpha value is -0.630. The summed E-state index contributed by atoms with van der Waals surface area (Å²) in [5.41, 5.74) is -0.363. The van der Waals surface area contributed by atoms with Crippen molar-refractivity contribution >= 4 is 0 Å². The van der Waals surface area contributed by atoms with Gasteiger partial charge in [-0.1, -0.05) is 0 Å². The van der Waals surface area contributed by atoms with E-state index in [4.69, 9.17) is 10.00 Å². The Bertz CT molecular complexity index is 264. The van der Waals surface area contributed by atoms with Crippen LogP contribution in [0.15, 0.2) is 0 Å². The van der Waals surface area contributed by atoms with E-state index in [1.54, 1.807) is 0 Å². The van der Waals surface area contributed by atoms with Gasteiger partial charge in [-0.2, -0.15) is 5.26 Å². The van der Waals surface area contributed by atoms with Crippen molar-refractivity contribution in [1.82, 2.24) is 10.2 Å². The standard InChI is InChI=1S/C13H25N3O/c1-12-10-16(8-9-17-12)7-5-4-6-13(2,11-14)15-3/h12,15H,4-10H2,1-3H3. The molecule has 1 saturated heterocycles. The molecule has 0 saturated carbocycles. The molecule has 0 aromatic heterocycles. The third kappa shape index (κ3) is 5.03. The zero-order chi connectivity index (χ0) is 12.7. The Kier molecular flexibility index (Phi) is 5.90. The van der Waals surface area contributed by atoms with Crippen LogP contribution in [0.1, 0.15) is 33.1 Å². The van der Waals surface area contributed by atoms with Crippen molar-refractivity contribution in [3.8, 4) is 6.07 Å². The molecule has 1 aliphatic rings. The number of unbranched alkanes of at least 4 members (excludes halogenated alkanes) is 1. The first-order valence-electron chi connectivity index (χ1n) is 6.54. The molecule has 1 N–H and O–H groups in total. The number of hydrogen-bond donors (Lipinski definition) is 1. The zero-order valence-electron chi connectivity index (χ0n) is 11.3. The first-order valence-corrected chi connectivity index (χ1v) is 6.54. The predicted molar refractivity (Wildman–Crippen MR) is 68.8 cm³/mol. The molecule has 98 valence electrons. The summed E-state index contributed by atoms with van der Waals surface area (Å²) in [5.74, 6) is 0. The molecular formula is C13H25N3O. The van der Waals surface area contributed by atoms with Crippen LogP contribution in [0.25, 0.3) is 0 Å². The summed E-state index contributed by atoms with van der Waals surface area (Å²) in [5, 5.41) is 12.1. The lowest BCUT2D eigenvalue weighted by Gasteiger charge is -2.31. The van der Waals surface area contributed by atoms with Crippen LogP contribution in [0.4, 0.5) is 0 Å². The predicted octanol–water partition coefficient (Wildman–Crippen LogP) is 1.38. The van der Waals surface area contributed by atoms with E-state index in [0.717, 1.165) is 45.5 Å². The second-order valence-electron chi connectivity index (χ2n) is 5.13. The molecule has 1 aliphatic heterocycles. The third-order valence-corrected chi connectivity index (χ3v) is 3.52. The summed E-state index contributed by atoms with van der Waals surface area (Å²) >= 11 is 0. The van der Waals surface area contributed by atoms with Crippen molar-refractivity contribution in [3.05, 3.63) is 0 Å². The van der Waals surface area contributed by atoms with Gasteiger partial charge in [-0.25, -0.2) is 0 Å². The van der Waals surface area contributed by atoms with Gasteiger partial charge in [0.25, 0.3) is 0 Å². The zero-order valence-corrected chi connectivity index (χ0v) is 11.3. The summed E-state index contributed by atoms with van der Waals surface area (Å²) < 4.78 is 5.51. The number of ether oxygens (including phenoxy) is 1. The Morgan fingerprint density at radius 3 is 2.88 bits per heavy atom. The second-order valence-corrected chi connectivity index (χ2v) is 5.13. The normalized spacial score (nSPS) is 25.2. The van der Waals surface area contributed by atoms with Gasteiger partial charge in [0.1, 0.15) is 5.54 Å². The quantitative estimate of drug-likeness (QED) is 0.711. The van der Waals surface area contributed by atoms with Crippen molar-refractivity contribution in [2.45, 2.75) is 44.8 Å². The lowest BCUT2D eigenvalue weighted by atomic mass is 9.97. The van der Waals surface area contributed by atoms with Gasteiger partial charge < -0.3 is 10.1 Å². The summed E-state index contributed by atoms with van der Waals surface area (Å²) in [6, 6.07) is 2.33. The highest BCUT2D eigenvalue weighted by atomic mass is 16.5. The molecule has 2 unspecified atom stereocenters. The van der Waals surface area contributed by atoms with E-state index in [-0.39, 0.29) is 5.54 Å². The van der Waals surface area contributed by atoms with Gasteiger partial charge in [-0.15, -0.1) is 0 Å². The SMILES string of the molecule is CNC(C)(C#N)CCCCN1CCOC(C)C1.